The number of anilines is 2. The number of amides is 2. The predicted molar refractivity (Wildman–Crippen MR) is 152 cm³/mol. The molecule has 0 saturated carbocycles. The van der Waals surface area contributed by atoms with Crippen LogP contribution in [0.25, 0.3) is 10.8 Å². The lowest BCUT2D eigenvalue weighted by atomic mass is 10.1. The third kappa shape index (κ3) is 5.51. The molecule has 0 saturated heterocycles. The summed E-state index contributed by atoms with van der Waals surface area (Å²) in [5.74, 6) is 1.18. The second kappa shape index (κ2) is 12.2. The lowest BCUT2D eigenvalue weighted by Gasteiger charge is -2.17. The van der Waals surface area contributed by atoms with Crippen molar-refractivity contribution in [2.24, 2.45) is 0 Å². The average Bonchev–Trinajstić information content (AvgIpc) is 2.99. The molecule has 2 amide bonds. The van der Waals surface area contributed by atoms with Crippen molar-refractivity contribution in [2.75, 3.05) is 53.3 Å². The van der Waals surface area contributed by atoms with Crippen LogP contribution >= 0.6 is 0 Å². The summed E-state index contributed by atoms with van der Waals surface area (Å²) in [7, 11) is 8.85. The lowest BCUT2D eigenvalue weighted by molar-refractivity contribution is 0.101. The van der Waals surface area contributed by atoms with Crippen LogP contribution in [0.4, 0.5) is 11.4 Å². The smallest absolute Gasteiger partial charge is 0.255 e. The molecule has 0 atom stereocenters. The normalized spacial score (nSPS) is 10.4. The molecule has 0 aliphatic heterocycles. The molecule has 0 aliphatic carbocycles. The molecule has 0 fully saturated rings. The van der Waals surface area contributed by atoms with E-state index < -0.39 is 11.8 Å². The summed E-state index contributed by atoms with van der Waals surface area (Å²) in [6.45, 7) is 0. The van der Waals surface area contributed by atoms with Gasteiger partial charge in [-0.3, -0.25) is 9.59 Å². The highest BCUT2D eigenvalue weighted by atomic mass is 16.5. The van der Waals surface area contributed by atoms with Crippen molar-refractivity contribution in [3.63, 3.8) is 0 Å². The fourth-order valence-corrected chi connectivity index (χ4v) is 4.26. The van der Waals surface area contributed by atoms with E-state index in [1.807, 2.05) is 24.3 Å². The molecule has 0 aromatic heterocycles. The van der Waals surface area contributed by atoms with Gasteiger partial charge in [-0.05, 0) is 47.2 Å². The van der Waals surface area contributed by atoms with Crippen LogP contribution in [-0.4, -0.2) is 54.5 Å². The summed E-state index contributed by atoms with van der Waals surface area (Å²) in [5.41, 5.74) is 1.31. The van der Waals surface area contributed by atoms with Gasteiger partial charge in [-0.1, -0.05) is 24.3 Å². The number of rotatable bonds is 10. The Hall–Kier alpha value is -5.12. The zero-order chi connectivity index (χ0) is 28.8. The van der Waals surface area contributed by atoms with Crippen LogP contribution in [0.15, 0.2) is 60.7 Å². The molecule has 0 radical (unpaired) electrons. The molecule has 2 N–H and O–H groups in total. The summed E-state index contributed by atoms with van der Waals surface area (Å²) < 4.78 is 32.3. The molecule has 4 aromatic carbocycles. The van der Waals surface area contributed by atoms with E-state index in [1.54, 1.807) is 36.4 Å². The monoisotopic (exact) mass is 546 g/mol. The Balaban J connectivity index is 1.73. The SMILES string of the molecule is COc1cc(C(=O)Nc2cc3ccccc3cc2NC(=O)c2cc(OC)c(OC)c(OC)c2)cc(OC)c1OC. The van der Waals surface area contributed by atoms with Gasteiger partial charge >= 0.3 is 0 Å². The van der Waals surface area contributed by atoms with Crippen molar-refractivity contribution in [2.45, 2.75) is 0 Å². The van der Waals surface area contributed by atoms with Gasteiger partial charge < -0.3 is 39.1 Å². The first-order valence-corrected chi connectivity index (χ1v) is 12.1. The number of benzene rings is 4. The van der Waals surface area contributed by atoms with Gasteiger partial charge in [0, 0.05) is 11.1 Å². The Morgan fingerprint density at radius 2 is 0.825 bits per heavy atom. The molecular formula is C30H30N2O8. The Bertz CT molecular complexity index is 1400. The second-order valence-corrected chi connectivity index (χ2v) is 8.48. The zero-order valence-electron chi connectivity index (χ0n) is 23.0. The van der Waals surface area contributed by atoms with E-state index in [0.717, 1.165) is 10.8 Å². The molecule has 0 unspecified atom stereocenters. The summed E-state index contributed by atoms with van der Waals surface area (Å²) in [4.78, 5) is 26.8. The highest BCUT2D eigenvalue weighted by Crippen LogP contribution is 2.40. The van der Waals surface area contributed by atoms with Crippen LogP contribution in [-0.2, 0) is 0 Å². The Morgan fingerprint density at radius 3 is 1.10 bits per heavy atom. The lowest BCUT2D eigenvalue weighted by Crippen LogP contribution is -2.17. The summed E-state index contributed by atoms with van der Waals surface area (Å²) >= 11 is 0. The number of carbonyl (C=O) groups is 2. The maximum atomic E-state index is 13.4. The van der Waals surface area contributed by atoms with Gasteiger partial charge in [0.1, 0.15) is 0 Å². The molecule has 0 spiro atoms. The van der Waals surface area contributed by atoms with E-state index >= 15 is 0 Å². The van der Waals surface area contributed by atoms with E-state index in [2.05, 4.69) is 10.6 Å². The van der Waals surface area contributed by atoms with Crippen molar-refractivity contribution in [1.82, 2.24) is 0 Å². The van der Waals surface area contributed by atoms with E-state index in [-0.39, 0.29) is 11.1 Å². The minimum Gasteiger partial charge on any atom is -0.493 e. The van der Waals surface area contributed by atoms with Crippen molar-refractivity contribution in [1.29, 1.82) is 0 Å². The number of nitrogens with one attached hydrogen (secondary N) is 2. The maximum Gasteiger partial charge on any atom is 0.255 e. The van der Waals surface area contributed by atoms with Crippen LogP contribution < -0.4 is 39.1 Å². The minimum absolute atomic E-state index is 0.268. The number of ether oxygens (including phenoxy) is 6. The molecule has 10 nitrogen and oxygen atoms in total. The molecular weight excluding hydrogens is 516 g/mol. The first kappa shape index (κ1) is 27.9. The maximum absolute atomic E-state index is 13.4. The molecule has 0 aliphatic rings. The average molecular weight is 547 g/mol. The third-order valence-corrected chi connectivity index (χ3v) is 6.24. The standard InChI is InChI=1S/C30H30N2O8/c1-35-23-13-19(14-24(36-2)27(23)39-5)29(33)31-21-11-17-9-7-8-10-18(17)12-22(21)32-30(34)20-15-25(37-3)28(40-6)26(16-20)38-4/h7-16H,1-6H3,(H,31,33)(H,32,34). The zero-order valence-corrected chi connectivity index (χ0v) is 23.0. The number of methoxy groups -OCH3 is 6. The molecule has 208 valence electrons. The van der Waals surface area contributed by atoms with Crippen molar-refractivity contribution in [3.05, 3.63) is 71.8 Å². The van der Waals surface area contributed by atoms with Crippen molar-refractivity contribution in [3.8, 4) is 34.5 Å². The molecule has 0 bridgehead atoms. The minimum atomic E-state index is -0.446. The Kier molecular flexibility index (Phi) is 8.48. The van der Waals surface area contributed by atoms with Crippen LogP contribution in [0.2, 0.25) is 0 Å². The molecule has 40 heavy (non-hydrogen) atoms. The van der Waals surface area contributed by atoms with E-state index in [9.17, 15) is 9.59 Å². The molecule has 4 aromatic rings. The highest BCUT2D eigenvalue weighted by Gasteiger charge is 2.21. The molecule has 0 heterocycles. The van der Waals surface area contributed by atoms with E-state index in [4.69, 9.17) is 28.4 Å². The highest BCUT2D eigenvalue weighted by molar-refractivity contribution is 6.12. The van der Waals surface area contributed by atoms with Crippen LogP contribution in [0, 0.1) is 0 Å². The quantitative estimate of drug-likeness (QED) is 0.272. The van der Waals surface area contributed by atoms with Gasteiger partial charge in [0.2, 0.25) is 11.5 Å². The van der Waals surface area contributed by atoms with Gasteiger partial charge in [-0.15, -0.1) is 0 Å². The second-order valence-electron chi connectivity index (χ2n) is 8.48. The topological polar surface area (TPSA) is 114 Å². The Labute approximate surface area is 231 Å². The van der Waals surface area contributed by atoms with Gasteiger partial charge in [0.25, 0.3) is 11.8 Å². The third-order valence-electron chi connectivity index (χ3n) is 6.24. The number of hydrogen-bond donors (Lipinski definition) is 2. The van der Waals surface area contributed by atoms with Crippen LogP contribution in [0.1, 0.15) is 20.7 Å². The number of hydrogen-bond acceptors (Lipinski definition) is 8. The molecule has 4 rings (SSSR count). The molecule has 10 heteroatoms. The first-order chi connectivity index (χ1) is 19.4. The predicted octanol–water partition coefficient (Wildman–Crippen LogP) is 5.40. The van der Waals surface area contributed by atoms with Gasteiger partial charge in [0.15, 0.2) is 23.0 Å². The summed E-state index contributed by atoms with van der Waals surface area (Å²) in [6.07, 6.45) is 0. The van der Waals surface area contributed by atoms with E-state index in [1.165, 1.54) is 42.7 Å². The number of carbonyl (C=O) groups excluding carboxylic acids is 2. The number of fused-ring (bicyclic) bond motifs is 1. The van der Waals surface area contributed by atoms with Gasteiger partial charge in [-0.25, -0.2) is 0 Å². The van der Waals surface area contributed by atoms with Crippen molar-refractivity contribution < 1.29 is 38.0 Å². The first-order valence-electron chi connectivity index (χ1n) is 12.1. The van der Waals surface area contributed by atoms with Gasteiger partial charge in [0.05, 0.1) is 54.0 Å². The van der Waals surface area contributed by atoms with E-state index in [0.29, 0.717) is 45.9 Å². The largest absolute Gasteiger partial charge is 0.493 e. The van der Waals surface area contributed by atoms with Gasteiger partial charge in [-0.2, -0.15) is 0 Å². The fraction of sp³-hybridized carbons (Fsp3) is 0.200. The summed E-state index contributed by atoms with van der Waals surface area (Å²) in [6, 6.07) is 17.4. The fourth-order valence-electron chi connectivity index (χ4n) is 4.26. The van der Waals surface area contributed by atoms with Crippen LogP contribution in [0.5, 0.6) is 34.5 Å². The summed E-state index contributed by atoms with van der Waals surface area (Å²) in [5, 5.41) is 7.55. The van der Waals surface area contributed by atoms with Crippen molar-refractivity contribution >= 4 is 34.0 Å². The Morgan fingerprint density at radius 1 is 0.500 bits per heavy atom. The van der Waals surface area contributed by atoms with Crippen LogP contribution in [0.3, 0.4) is 0 Å².